The number of carbonyl (C=O) groups is 1. The minimum Gasteiger partial charge on any atom is -0.488 e. The third kappa shape index (κ3) is 3.67. The van der Waals surface area contributed by atoms with Crippen LogP contribution >= 0.6 is 0 Å². The van der Waals surface area contributed by atoms with Crippen molar-refractivity contribution < 1.29 is 22.7 Å². The van der Waals surface area contributed by atoms with Gasteiger partial charge in [0.1, 0.15) is 29.9 Å². The molecule has 142 valence electrons. The van der Waals surface area contributed by atoms with Crippen LogP contribution in [0.5, 0.6) is 5.75 Å². The van der Waals surface area contributed by atoms with Gasteiger partial charge >= 0.3 is 0 Å². The molecule has 1 amide bonds. The molecule has 0 fully saturated rings. The summed E-state index contributed by atoms with van der Waals surface area (Å²) in [6.07, 6.45) is 1.31. The summed E-state index contributed by atoms with van der Waals surface area (Å²) in [6, 6.07) is 2.43. The number of halogens is 2. The van der Waals surface area contributed by atoms with Crippen molar-refractivity contribution >= 4 is 17.0 Å². The lowest BCUT2D eigenvalue weighted by molar-refractivity contribution is 0.0926. The van der Waals surface area contributed by atoms with Gasteiger partial charge < -0.3 is 19.0 Å². The second kappa shape index (κ2) is 7.18. The van der Waals surface area contributed by atoms with E-state index in [4.69, 9.17) is 9.15 Å². The van der Waals surface area contributed by atoms with Gasteiger partial charge in [-0.05, 0) is 26.0 Å². The first kappa shape index (κ1) is 18.6. The number of aryl methyl sites for hydroxylation is 2. The standard InChI is InChI=1S/C18H17F2N3O4/c1-9(7-26-13-5-4-11(19)6-12(13)20)22-16(24)14-10(2)27-17-15(14)18(25)23(3)8-21-17/h4-6,8-9H,7H2,1-3H3,(H,22,24)/t9-/m0/s1. The first-order chi connectivity index (χ1) is 12.8. The summed E-state index contributed by atoms with van der Waals surface area (Å²) in [5.74, 6) is -1.94. The molecule has 3 aromatic rings. The Morgan fingerprint density at radius 2 is 2.15 bits per heavy atom. The predicted octanol–water partition coefficient (Wildman–Crippen LogP) is 2.31. The molecule has 0 saturated carbocycles. The van der Waals surface area contributed by atoms with Gasteiger partial charge in [0.05, 0.1) is 11.6 Å². The maximum atomic E-state index is 13.6. The maximum Gasteiger partial charge on any atom is 0.265 e. The third-order valence-corrected chi connectivity index (χ3v) is 3.94. The average Bonchev–Trinajstić information content (AvgIpc) is 2.94. The third-order valence-electron chi connectivity index (χ3n) is 3.94. The van der Waals surface area contributed by atoms with Gasteiger partial charge in [-0.25, -0.2) is 13.8 Å². The van der Waals surface area contributed by atoms with E-state index in [1.165, 1.54) is 24.0 Å². The van der Waals surface area contributed by atoms with Crippen molar-refractivity contribution in [1.29, 1.82) is 0 Å². The van der Waals surface area contributed by atoms with Crippen LogP contribution in [0.15, 0.2) is 33.7 Å². The summed E-state index contributed by atoms with van der Waals surface area (Å²) < 4.78 is 38.4. The summed E-state index contributed by atoms with van der Waals surface area (Å²) in [5, 5.41) is 2.76. The van der Waals surface area contributed by atoms with Crippen LogP contribution in [0.3, 0.4) is 0 Å². The molecule has 7 nitrogen and oxygen atoms in total. The van der Waals surface area contributed by atoms with E-state index in [0.717, 1.165) is 6.07 Å². The lowest BCUT2D eigenvalue weighted by Crippen LogP contribution is -2.37. The van der Waals surface area contributed by atoms with Crippen LogP contribution in [0.25, 0.3) is 11.1 Å². The highest BCUT2D eigenvalue weighted by Gasteiger charge is 2.23. The second-order valence-corrected chi connectivity index (χ2v) is 6.13. The Balaban J connectivity index is 1.75. The normalized spacial score (nSPS) is 12.2. The van der Waals surface area contributed by atoms with Gasteiger partial charge in [-0.2, -0.15) is 0 Å². The first-order valence-corrected chi connectivity index (χ1v) is 8.11. The number of carbonyl (C=O) groups excluding carboxylic acids is 1. The molecule has 27 heavy (non-hydrogen) atoms. The Morgan fingerprint density at radius 3 is 2.85 bits per heavy atom. The molecule has 9 heteroatoms. The van der Waals surface area contributed by atoms with E-state index in [-0.39, 0.29) is 34.8 Å². The van der Waals surface area contributed by atoms with Crippen molar-refractivity contribution in [2.24, 2.45) is 7.05 Å². The van der Waals surface area contributed by atoms with E-state index >= 15 is 0 Å². The molecule has 3 rings (SSSR count). The lowest BCUT2D eigenvalue weighted by atomic mass is 10.1. The molecule has 0 aliphatic heterocycles. The Morgan fingerprint density at radius 1 is 1.41 bits per heavy atom. The highest BCUT2D eigenvalue weighted by molar-refractivity contribution is 6.06. The molecular formula is C18H17F2N3O4. The van der Waals surface area contributed by atoms with Gasteiger partial charge in [-0.3, -0.25) is 9.59 Å². The van der Waals surface area contributed by atoms with Crippen LogP contribution in [-0.4, -0.2) is 28.1 Å². The number of nitrogens with one attached hydrogen (secondary N) is 1. The Labute approximate surface area is 152 Å². The van der Waals surface area contributed by atoms with Gasteiger partial charge in [-0.15, -0.1) is 0 Å². The summed E-state index contributed by atoms with van der Waals surface area (Å²) >= 11 is 0. The van der Waals surface area contributed by atoms with Gasteiger partial charge in [0.2, 0.25) is 5.71 Å². The van der Waals surface area contributed by atoms with E-state index in [0.29, 0.717) is 6.07 Å². The number of amides is 1. The fraction of sp³-hybridized carbons (Fsp3) is 0.278. The largest absolute Gasteiger partial charge is 0.488 e. The van der Waals surface area contributed by atoms with Crippen LogP contribution in [0.4, 0.5) is 8.78 Å². The van der Waals surface area contributed by atoms with Crippen LogP contribution < -0.4 is 15.6 Å². The number of nitrogens with zero attached hydrogens (tertiary/aromatic N) is 2. The quantitative estimate of drug-likeness (QED) is 0.737. The van der Waals surface area contributed by atoms with Gasteiger partial charge in [0.25, 0.3) is 11.5 Å². The molecule has 0 radical (unpaired) electrons. The number of hydrogen-bond acceptors (Lipinski definition) is 5. The number of rotatable bonds is 5. The second-order valence-electron chi connectivity index (χ2n) is 6.13. The smallest absolute Gasteiger partial charge is 0.265 e. The van der Waals surface area contributed by atoms with E-state index < -0.39 is 29.1 Å². The van der Waals surface area contributed by atoms with Crippen molar-refractivity contribution in [2.75, 3.05) is 6.61 Å². The molecule has 1 atom stereocenters. The zero-order chi connectivity index (χ0) is 19.7. The molecule has 1 N–H and O–H groups in total. The van der Waals surface area contributed by atoms with Crippen LogP contribution in [0.2, 0.25) is 0 Å². The van der Waals surface area contributed by atoms with Gasteiger partial charge in [0.15, 0.2) is 11.6 Å². The van der Waals surface area contributed by atoms with Crippen molar-refractivity contribution in [3.8, 4) is 5.75 Å². The lowest BCUT2D eigenvalue weighted by Gasteiger charge is -2.15. The first-order valence-electron chi connectivity index (χ1n) is 8.11. The van der Waals surface area contributed by atoms with Crippen LogP contribution in [0.1, 0.15) is 23.0 Å². The summed E-state index contributed by atoms with van der Waals surface area (Å²) in [4.78, 5) is 28.9. The summed E-state index contributed by atoms with van der Waals surface area (Å²) in [7, 11) is 1.52. The van der Waals surface area contributed by atoms with E-state index in [1.807, 2.05) is 0 Å². The Kier molecular flexibility index (Phi) is 4.93. The Bertz CT molecular complexity index is 1070. The van der Waals surface area contributed by atoms with E-state index in [2.05, 4.69) is 10.3 Å². The van der Waals surface area contributed by atoms with E-state index in [9.17, 15) is 18.4 Å². The number of fused-ring (bicyclic) bond motifs is 1. The molecule has 0 spiro atoms. The summed E-state index contributed by atoms with van der Waals surface area (Å²) in [6.45, 7) is 3.15. The fourth-order valence-electron chi connectivity index (χ4n) is 2.61. The van der Waals surface area contributed by atoms with Crippen LogP contribution in [-0.2, 0) is 7.05 Å². The van der Waals surface area contributed by atoms with Crippen molar-refractivity contribution in [1.82, 2.24) is 14.9 Å². The summed E-state index contributed by atoms with van der Waals surface area (Å²) in [5.41, 5.74) is -0.226. The number of benzene rings is 1. The Hall–Kier alpha value is -3.23. The van der Waals surface area contributed by atoms with Crippen molar-refractivity contribution in [3.05, 3.63) is 57.8 Å². The molecule has 0 saturated heterocycles. The average molecular weight is 377 g/mol. The minimum atomic E-state index is -0.834. The maximum absolute atomic E-state index is 13.6. The highest BCUT2D eigenvalue weighted by atomic mass is 19.1. The zero-order valence-electron chi connectivity index (χ0n) is 14.9. The topological polar surface area (TPSA) is 86.4 Å². The fourth-order valence-corrected chi connectivity index (χ4v) is 2.61. The van der Waals surface area contributed by atoms with Gasteiger partial charge in [0, 0.05) is 13.1 Å². The van der Waals surface area contributed by atoms with Crippen LogP contribution in [0, 0.1) is 18.6 Å². The molecule has 2 aromatic heterocycles. The number of aromatic nitrogens is 2. The SMILES string of the molecule is Cc1oc2ncn(C)c(=O)c2c1C(=O)N[C@@H](C)COc1ccc(F)cc1F. The number of ether oxygens (including phenoxy) is 1. The van der Waals surface area contributed by atoms with Crippen molar-refractivity contribution in [2.45, 2.75) is 19.9 Å². The molecule has 0 unspecified atom stereocenters. The number of furan rings is 1. The minimum absolute atomic E-state index is 0.0562. The molecular weight excluding hydrogens is 360 g/mol. The predicted molar refractivity (Wildman–Crippen MR) is 92.8 cm³/mol. The molecule has 0 aliphatic rings. The highest BCUT2D eigenvalue weighted by Crippen LogP contribution is 2.21. The molecule has 1 aromatic carbocycles. The molecule has 0 bridgehead atoms. The number of hydrogen-bond donors (Lipinski definition) is 1. The monoisotopic (exact) mass is 377 g/mol. The van der Waals surface area contributed by atoms with E-state index in [1.54, 1.807) is 13.8 Å². The molecule has 2 heterocycles. The molecule has 0 aliphatic carbocycles. The van der Waals surface area contributed by atoms with Gasteiger partial charge in [-0.1, -0.05) is 0 Å². The van der Waals surface area contributed by atoms with Crippen molar-refractivity contribution in [3.63, 3.8) is 0 Å². The zero-order valence-corrected chi connectivity index (χ0v) is 14.9.